The van der Waals surface area contributed by atoms with Crippen LogP contribution in [0.15, 0.2) is 48.5 Å². The SMILES string of the molecule is O=C1NC2CCC(C3CCN(Cc4ccc(-c5ccc(F)cc5)cc4)CC3)CC2N1. The number of urea groups is 1. The minimum atomic E-state index is -0.198. The number of hydrogen-bond donors (Lipinski definition) is 2. The largest absolute Gasteiger partial charge is 0.333 e. The van der Waals surface area contributed by atoms with Crippen molar-refractivity contribution >= 4 is 6.03 Å². The van der Waals surface area contributed by atoms with Gasteiger partial charge in [-0.3, -0.25) is 4.90 Å². The van der Waals surface area contributed by atoms with Crippen LogP contribution in [0.5, 0.6) is 0 Å². The Morgan fingerprint density at radius 3 is 2.13 bits per heavy atom. The minimum Gasteiger partial charge on any atom is -0.333 e. The van der Waals surface area contributed by atoms with Gasteiger partial charge in [-0.25, -0.2) is 9.18 Å². The van der Waals surface area contributed by atoms with E-state index in [4.69, 9.17) is 0 Å². The lowest BCUT2D eigenvalue weighted by Crippen LogP contribution is -2.43. The topological polar surface area (TPSA) is 44.4 Å². The van der Waals surface area contributed by atoms with Gasteiger partial charge in [-0.1, -0.05) is 36.4 Å². The molecular formula is C25H30FN3O. The second-order valence-corrected chi connectivity index (χ2v) is 9.22. The zero-order valence-corrected chi connectivity index (χ0v) is 17.3. The number of likely N-dealkylation sites (tertiary alicyclic amines) is 1. The summed E-state index contributed by atoms with van der Waals surface area (Å²) in [5, 5.41) is 6.16. The quantitative estimate of drug-likeness (QED) is 0.781. The van der Waals surface area contributed by atoms with Crippen LogP contribution in [-0.4, -0.2) is 36.1 Å². The van der Waals surface area contributed by atoms with Crippen LogP contribution in [0.2, 0.25) is 0 Å². The number of carbonyl (C=O) groups is 1. The van der Waals surface area contributed by atoms with Crippen molar-refractivity contribution in [2.24, 2.45) is 11.8 Å². The Bertz CT molecular complexity index is 874. The van der Waals surface area contributed by atoms with Crippen molar-refractivity contribution in [1.29, 1.82) is 0 Å². The maximum Gasteiger partial charge on any atom is 0.315 e. The number of fused-ring (bicyclic) bond motifs is 1. The Labute approximate surface area is 177 Å². The van der Waals surface area contributed by atoms with Crippen molar-refractivity contribution in [2.75, 3.05) is 13.1 Å². The van der Waals surface area contributed by atoms with E-state index in [1.807, 2.05) is 12.1 Å². The van der Waals surface area contributed by atoms with Crippen LogP contribution in [0.4, 0.5) is 9.18 Å². The molecule has 2 N–H and O–H groups in total. The lowest BCUT2D eigenvalue weighted by molar-refractivity contribution is 0.112. The van der Waals surface area contributed by atoms with Crippen LogP contribution in [0.3, 0.4) is 0 Å². The highest BCUT2D eigenvalue weighted by molar-refractivity contribution is 5.77. The average Bonchev–Trinajstić information content (AvgIpc) is 3.15. The van der Waals surface area contributed by atoms with Crippen molar-refractivity contribution in [3.8, 4) is 11.1 Å². The predicted molar refractivity (Wildman–Crippen MR) is 116 cm³/mol. The predicted octanol–water partition coefficient (Wildman–Crippen LogP) is 4.55. The number of nitrogens with zero attached hydrogens (tertiary/aromatic N) is 1. The first-order chi connectivity index (χ1) is 14.6. The number of piperidine rings is 1. The van der Waals surface area contributed by atoms with Gasteiger partial charge in [0.2, 0.25) is 0 Å². The standard InChI is InChI=1S/C25H30FN3O/c26-22-8-5-19(6-9-22)18-3-1-17(2-4-18)16-29-13-11-20(12-14-29)21-7-10-23-24(15-21)28-25(30)27-23/h1-6,8-9,20-21,23-24H,7,10-16H2,(H2,27,28,30). The van der Waals surface area contributed by atoms with Crippen LogP contribution in [-0.2, 0) is 6.54 Å². The molecule has 2 heterocycles. The van der Waals surface area contributed by atoms with E-state index < -0.39 is 0 Å². The Hall–Kier alpha value is -2.40. The van der Waals surface area contributed by atoms with Crippen LogP contribution in [0.25, 0.3) is 11.1 Å². The molecule has 2 aliphatic heterocycles. The van der Waals surface area contributed by atoms with E-state index in [0.29, 0.717) is 12.1 Å². The smallest absolute Gasteiger partial charge is 0.315 e. The monoisotopic (exact) mass is 407 g/mol. The fourth-order valence-corrected chi connectivity index (χ4v) is 5.63. The third-order valence-corrected chi connectivity index (χ3v) is 7.36. The van der Waals surface area contributed by atoms with Gasteiger partial charge in [0.05, 0.1) is 12.1 Å². The molecule has 158 valence electrons. The number of nitrogens with one attached hydrogen (secondary N) is 2. The number of amides is 2. The summed E-state index contributed by atoms with van der Waals surface area (Å²) in [6.45, 7) is 3.30. The molecule has 3 fully saturated rings. The molecule has 30 heavy (non-hydrogen) atoms. The molecule has 0 aromatic heterocycles. The summed E-state index contributed by atoms with van der Waals surface area (Å²) < 4.78 is 13.1. The van der Waals surface area contributed by atoms with E-state index >= 15 is 0 Å². The zero-order chi connectivity index (χ0) is 20.5. The van der Waals surface area contributed by atoms with E-state index in [2.05, 4.69) is 39.8 Å². The summed E-state index contributed by atoms with van der Waals surface area (Å²) in [7, 11) is 0. The van der Waals surface area contributed by atoms with Gasteiger partial charge in [0.1, 0.15) is 5.82 Å². The first-order valence-corrected chi connectivity index (χ1v) is 11.3. The fourth-order valence-electron chi connectivity index (χ4n) is 5.63. The molecule has 3 aliphatic rings. The number of rotatable bonds is 4. The highest BCUT2D eigenvalue weighted by Gasteiger charge is 2.39. The maximum absolute atomic E-state index is 13.1. The van der Waals surface area contributed by atoms with Crippen LogP contribution < -0.4 is 10.6 Å². The van der Waals surface area contributed by atoms with Crippen molar-refractivity contribution in [3.63, 3.8) is 0 Å². The van der Waals surface area contributed by atoms with Crippen molar-refractivity contribution < 1.29 is 9.18 Å². The molecule has 2 aromatic rings. The second kappa shape index (κ2) is 8.38. The molecule has 2 aromatic carbocycles. The second-order valence-electron chi connectivity index (χ2n) is 9.22. The molecule has 2 amide bonds. The fraction of sp³-hybridized carbons (Fsp3) is 0.480. The summed E-state index contributed by atoms with van der Waals surface area (Å²) in [6.07, 6.45) is 6.03. The molecule has 0 spiro atoms. The van der Waals surface area contributed by atoms with E-state index in [1.165, 1.54) is 37.0 Å². The van der Waals surface area contributed by atoms with Gasteiger partial charge in [-0.05, 0) is 85.9 Å². The zero-order valence-electron chi connectivity index (χ0n) is 17.3. The van der Waals surface area contributed by atoms with Crippen molar-refractivity contribution in [3.05, 3.63) is 59.9 Å². The van der Waals surface area contributed by atoms with Crippen LogP contribution in [0.1, 0.15) is 37.7 Å². The minimum absolute atomic E-state index is 0.0194. The molecule has 1 saturated carbocycles. The highest BCUT2D eigenvalue weighted by atomic mass is 19.1. The van der Waals surface area contributed by atoms with E-state index in [-0.39, 0.29) is 11.8 Å². The van der Waals surface area contributed by atoms with Crippen LogP contribution in [0, 0.1) is 17.7 Å². The van der Waals surface area contributed by atoms with E-state index in [0.717, 1.165) is 55.4 Å². The van der Waals surface area contributed by atoms with Crippen molar-refractivity contribution in [1.82, 2.24) is 15.5 Å². The normalized spacial score (nSPS) is 27.4. The summed E-state index contributed by atoms with van der Waals surface area (Å²) in [6, 6.07) is 16.1. The third-order valence-electron chi connectivity index (χ3n) is 7.36. The first kappa shape index (κ1) is 19.6. The maximum atomic E-state index is 13.1. The van der Waals surface area contributed by atoms with Gasteiger partial charge >= 0.3 is 6.03 Å². The first-order valence-electron chi connectivity index (χ1n) is 11.3. The average molecular weight is 408 g/mol. The van der Waals surface area contributed by atoms with E-state index in [9.17, 15) is 9.18 Å². The molecule has 1 aliphatic carbocycles. The Morgan fingerprint density at radius 1 is 0.800 bits per heavy atom. The summed E-state index contributed by atoms with van der Waals surface area (Å²) in [5.74, 6) is 1.35. The van der Waals surface area contributed by atoms with Gasteiger partial charge in [-0.2, -0.15) is 0 Å². The van der Waals surface area contributed by atoms with Gasteiger partial charge in [-0.15, -0.1) is 0 Å². The highest BCUT2D eigenvalue weighted by Crippen LogP contribution is 2.37. The Balaban J connectivity index is 1.12. The van der Waals surface area contributed by atoms with Gasteiger partial charge in [0.15, 0.2) is 0 Å². The summed E-state index contributed by atoms with van der Waals surface area (Å²) in [5.41, 5.74) is 3.51. The molecule has 0 bridgehead atoms. The molecule has 5 heteroatoms. The van der Waals surface area contributed by atoms with Crippen LogP contribution >= 0.6 is 0 Å². The Kier molecular flexibility index (Phi) is 5.47. The molecule has 3 atom stereocenters. The molecule has 0 radical (unpaired) electrons. The van der Waals surface area contributed by atoms with Gasteiger partial charge in [0, 0.05) is 6.54 Å². The lowest BCUT2D eigenvalue weighted by atomic mass is 9.73. The number of benzene rings is 2. The molecule has 2 saturated heterocycles. The molecule has 3 unspecified atom stereocenters. The number of halogens is 1. The summed E-state index contributed by atoms with van der Waals surface area (Å²) >= 11 is 0. The molecule has 4 nitrogen and oxygen atoms in total. The molecular weight excluding hydrogens is 377 g/mol. The molecule has 5 rings (SSSR count). The van der Waals surface area contributed by atoms with E-state index in [1.54, 1.807) is 0 Å². The lowest BCUT2D eigenvalue weighted by Gasteiger charge is -2.40. The number of hydrogen-bond acceptors (Lipinski definition) is 2. The third kappa shape index (κ3) is 4.22. The Morgan fingerprint density at radius 2 is 1.43 bits per heavy atom. The number of carbonyl (C=O) groups excluding carboxylic acids is 1. The summed E-state index contributed by atoms with van der Waals surface area (Å²) in [4.78, 5) is 14.1. The van der Waals surface area contributed by atoms with Crippen molar-refractivity contribution in [2.45, 2.75) is 50.7 Å². The van der Waals surface area contributed by atoms with Gasteiger partial charge < -0.3 is 10.6 Å². The van der Waals surface area contributed by atoms with Gasteiger partial charge in [0.25, 0.3) is 0 Å².